The van der Waals surface area contributed by atoms with Gasteiger partial charge in [0.05, 0.1) is 0 Å². The lowest BCUT2D eigenvalue weighted by molar-refractivity contribution is 0.371. The van der Waals surface area contributed by atoms with Gasteiger partial charge < -0.3 is 23.8 Å². The number of hydrogen-bond donors (Lipinski definition) is 2. The van der Waals surface area contributed by atoms with Gasteiger partial charge >= 0.3 is 8.60 Å². The van der Waals surface area contributed by atoms with E-state index in [0.29, 0.717) is 23.5 Å². The highest BCUT2D eigenvalue weighted by molar-refractivity contribution is 7.44. The summed E-state index contributed by atoms with van der Waals surface area (Å²) in [4.78, 5) is 0. The zero-order chi connectivity index (χ0) is 9.87. The number of aromatic hydroxyl groups is 2. The second-order valence-corrected chi connectivity index (χ2v) is 4.01. The molecular weight excluding hydrogens is 207 g/mol. The molecule has 2 aliphatic heterocycles. The van der Waals surface area contributed by atoms with Gasteiger partial charge in [-0.1, -0.05) is 6.92 Å². The smallest absolute Gasteiger partial charge is 0.504 e. The van der Waals surface area contributed by atoms with Crippen LogP contribution in [-0.4, -0.2) is 10.2 Å². The fourth-order valence-corrected chi connectivity index (χ4v) is 2.66. The van der Waals surface area contributed by atoms with Crippen molar-refractivity contribution in [3.05, 3.63) is 5.56 Å². The first-order valence-corrected chi connectivity index (χ1v) is 5.26. The van der Waals surface area contributed by atoms with E-state index in [1.807, 2.05) is 6.92 Å². The average Bonchev–Trinajstić information content (AvgIpc) is 2.75. The van der Waals surface area contributed by atoms with Crippen molar-refractivity contribution in [3.8, 4) is 28.7 Å². The van der Waals surface area contributed by atoms with E-state index in [1.165, 1.54) is 0 Å². The number of phenolic OH excluding ortho intramolecular Hbond substituents is 2. The summed E-state index contributed by atoms with van der Waals surface area (Å²) in [5, 5.41) is 19.2. The maximum atomic E-state index is 9.61. The Labute approximate surface area is 80.8 Å². The molecule has 6 heteroatoms. The minimum atomic E-state index is -1.42. The lowest BCUT2D eigenvalue weighted by atomic mass is 10.1. The number of benzene rings is 1. The third-order valence-corrected chi connectivity index (χ3v) is 3.26. The summed E-state index contributed by atoms with van der Waals surface area (Å²) >= 11 is 0. The van der Waals surface area contributed by atoms with E-state index in [1.54, 1.807) is 0 Å². The predicted molar refractivity (Wildman–Crippen MR) is 48.0 cm³/mol. The quantitative estimate of drug-likeness (QED) is 0.553. The van der Waals surface area contributed by atoms with Gasteiger partial charge in [0.25, 0.3) is 0 Å². The van der Waals surface area contributed by atoms with Gasteiger partial charge in [-0.25, -0.2) is 0 Å². The maximum Gasteiger partial charge on any atom is 0.530 e. The van der Waals surface area contributed by atoms with Crippen LogP contribution < -0.4 is 13.6 Å². The Morgan fingerprint density at radius 3 is 2.29 bits per heavy atom. The van der Waals surface area contributed by atoms with E-state index in [9.17, 15) is 10.2 Å². The Hall–Kier alpha value is -1.35. The molecule has 1 unspecified atom stereocenters. The SMILES string of the molecule is CCc1c(O)c(O)c2c3c1OP(O2)O3. The van der Waals surface area contributed by atoms with E-state index >= 15 is 0 Å². The first kappa shape index (κ1) is 8.00. The van der Waals surface area contributed by atoms with E-state index in [4.69, 9.17) is 13.6 Å². The van der Waals surface area contributed by atoms with Gasteiger partial charge in [-0.3, -0.25) is 0 Å². The first-order valence-electron chi connectivity index (χ1n) is 4.17. The highest BCUT2D eigenvalue weighted by atomic mass is 31.2. The molecule has 14 heavy (non-hydrogen) atoms. The van der Waals surface area contributed by atoms with Crippen LogP contribution in [0.15, 0.2) is 0 Å². The summed E-state index contributed by atoms with van der Waals surface area (Å²) in [5.41, 5.74) is 0.564. The number of hydrogen-bond acceptors (Lipinski definition) is 5. The van der Waals surface area contributed by atoms with Gasteiger partial charge in [0.15, 0.2) is 11.5 Å². The lowest BCUT2D eigenvalue weighted by Gasteiger charge is -2.14. The zero-order valence-corrected chi connectivity index (χ0v) is 8.17. The van der Waals surface area contributed by atoms with Crippen LogP contribution in [0.3, 0.4) is 0 Å². The summed E-state index contributed by atoms with van der Waals surface area (Å²) in [6.07, 6.45) is 0.564. The lowest BCUT2D eigenvalue weighted by Crippen LogP contribution is -1.96. The summed E-state index contributed by atoms with van der Waals surface area (Å²) in [6, 6.07) is 0. The highest BCUT2D eigenvalue weighted by Crippen LogP contribution is 2.70. The van der Waals surface area contributed by atoms with E-state index in [2.05, 4.69) is 0 Å². The first-order chi connectivity index (χ1) is 6.72. The molecule has 1 aromatic carbocycles. The van der Waals surface area contributed by atoms with E-state index < -0.39 is 8.60 Å². The minimum absolute atomic E-state index is 0.179. The molecule has 2 heterocycles. The molecule has 0 saturated heterocycles. The Bertz CT molecular complexity index is 427. The van der Waals surface area contributed by atoms with Crippen LogP contribution in [0, 0.1) is 0 Å². The summed E-state index contributed by atoms with van der Waals surface area (Å²) < 4.78 is 15.6. The average molecular weight is 214 g/mol. The summed E-state index contributed by atoms with van der Waals surface area (Å²) in [5.74, 6) is 0.695. The number of phenols is 2. The molecule has 1 aromatic rings. The van der Waals surface area contributed by atoms with Crippen LogP contribution >= 0.6 is 8.60 Å². The second-order valence-electron chi connectivity index (χ2n) is 3.01. The standard InChI is InChI=1S/C8H7O5P/c1-2-3-4(9)5(10)7-8-6(3)11-14(12-7)13-8/h9-10H,2H2,1H3. The van der Waals surface area contributed by atoms with Gasteiger partial charge in [-0.05, 0) is 6.42 Å². The van der Waals surface area contributed by atoms with Crippen LogP contribution in [0.2, 0.25) is 0 Å². The maximum absolute atomic E-state index is 9.61. The summed E-state index contributed by atoms with van der Waals surface area (Å²) in [7, 11) is -1.42. The van der Waals surface area contributed by atoms with Crippen molar-refractivity contribution in [2.24, 2.45) is 0 Å². The van der Waals surface area contributed by atoms with E-state index in [-0.39, 0.29) is 17.2 Å². The Kier molecular flexibility index (Phi) is 1.35. The van der Waals surface area contributed by atoms with Crippen molar-refractivity contribution in [3.63, 3.8) is 0 Å². The molecule has 2 aliphatic rings. The Morgan fingerprint density at radius 1 is 1.00 bits per heavy atom. The van der Waals surface area contributed by atoms with Crippen LogP contribution in [-0.2, 0) is 6.42 Å². The fourth-order valence-electron chi connectivity index (χ4n) is 1.58. The van der Waals surface area contributed by atoms with Crippen molar-refractivity contribution in [1.29, 1.82) is 0 Å². The highest BCUT2D eigenvalue weighted by Gasteiger charge is 2.45. The third kappa shape index (κ3) is 0.738. The van der Waals surface area contributed by atoms with E-state index in [0.717, 1.165) is 0 Å². The summed E-state index contributed by atoms with van der Waals surface area (Å²) in [6.45, 7) is 1.86. The molecular formula is C8H7O5P. The third-order valence-electron chi connectivity index (χ3n) is 2.26. The molecule has 2 bridgehead atoms. The van der Waals surface area contributed by atoms with Gasteiger partial charge in [-0.2, -0.15) is 0 Å². The molecule has 3 rings (SSSR count). The second kappa shape index (κ2) is 2.36. The molecule has 0 aliphatic carbocycles. The Morgan fingerprint density at radius 2 is 1.64 bits per heavy atom. The van der Waals surface area contributed by atoms with Crippen LogP contribution in [0.4, 0.5) is 0 Å². The topological polar surface area (TPSA) is 68.2 Å². The van der Waals surface area contributed by atoms with Crippen LogP contribution in [0.1, 0.15) is 12.5 Å². The molecule has 2 N–H and O–H groups in total. The molecule has 0 fully saturated rings. The fraction of sp³-hybridized carbons (Fsp3) is 0.250. The van der Waals surface area contributed by atoms with Gasteiger partial charge in [0, 0.05) is 5.56 Å². The van der Waals surface area contributed by atoms with Gasteiger partial charge in [0.1, 0.15) is 0 Å². The predicted octanol–water partition coefficient (Wildman–Crippen LogP) is 2.05. The molecule has 0 radical (unpaired) electrons. The molecule has 0 spiro atoms. The van der Waals surface area contributed by atoms with Gasteiger partial charge in [0.2, 0.25) is 17.2 Å². The van der Waals surface area contributed by atoms with Crippen molar-refractivity contribution >= 4 is 8.60 Å². The van der Waals surface area contributed by atoms with Gasteiger partial charge in [-0.15, -0.1) is 0 Å². The molecule has 0 amide bonds. The minimum Gasteiger partial charge on any atom is -0.504 e. The van der Waals surface area contributed by atoms with Crippen molar-refractivity contribution in [2.75, 3.05) is 0 Å². The normalized spacial score (nSPS) is 20.2. The van der Waals surface area contributed by atoms with Crippen molar-refractivity contribution < 1.29 is 23.8 Å². The molecule has 74 valence electrons. The monoisotopic (exact) mass is 214 g/mol. The largest absolute Gasteiger partial charge is 0.530 e. The zero-order valence-electron chi connectivity index (χ0n) is 7.27. The number of rotatable bonds is 1. The molecule has 1 atom stereocenters. The molecule has 0 saturated carbocycles. The van der Waals surface area contributed by atoms with Crippen LogP contribution in [0.5, 0.6) is 28.7 Å². The van der Waals surface area contributed by atoms with Crippen molar-refractivity contribution in [2.45, 2.75) is 13.3 Å². The van der Waals surface area contributed by atoms with Crippen molar-refractivity contribution in [1.82, 2.24) is 0 Å². The molecule has 0 aromatic heterocycles. The number of fused-ring (bicyclic) bond motifs is 1. The van der Waals surface area contributed by atoms with Crippen LogP contribution in [0.25, 0.3) is 0 Å². The Balaban J connectivity index is 2.36. The molecule has 5 nitrogen and oxygen atoms in total.